The summed E-state index contributed by atoms with van der Waals surface area (Å²) in [6.45, 7) is 4.55. The molecule has 0 radical (unpaired) electrons. The predicted molar refractivity (Wildman–Crippen MR) is 52.7 cm³/mol. The van der Waals surface area contributed by atoms with E-state index in [1.54, 1.807) is 10.9 Å². The molecule has 0 aliphatic carbocycles. The zero-order valence-corrected chi connectivity index (χ0v) is 8.74. The molecule has 0 aromatic carbocycles. The Morgan fingerprint density at radius 3 is 3.07 bits per heavy atom. The van der Waals surface area contributed by atoms with E-state index in [-0.39, 0.29) is 12.8 Å². The van der Waals surface area contributed by atoms with Gasteiger partial charge in [0.2, 0.25) is 0 Å². The summed E-state index contributed by atoms with van der Waals surface area (Å²) in [4.78, 5) is 0. The number of nitrogens with zero attached hydrogens (tertiary/aromatic N) is 2. The van der Waals surface area contributed by atoms with E-state index in [0.717, 1.165) is 12.1 Å². The number of aromatic nitrogens is 2. The van der Waals surface area contributed by atoms with Gasteiger partial charge in [0.25, 0.3) is 0 Å². The van der Waals surface area contributed by atoms with Crippen LogP contribution < -0.4 is 0 Å². The van der Waals surface area contributed by atoms with Crippen molar-refractivity contribution in [1.29, 1.82) is 0 Å². The standard InChI is InChI=1S/C10H17FN2O/c1-3-9(2)14-8-10-4-6-13(12-10)7-5-11/h4,6,9H,3,5,7-8H2,1-2H3/t9-/m1/s1. The van der Waals surface area contributed by atoms with Gasteiger partial charge in [-0.15, -0.1) is 0 Å². The largest absolute Gasteiger partial charge is 0.372 e. The summed E-state index contributed by atoms with van der Waals surface area (Å²) < 4.78 is 19.1. The van der Waals surface area contributed by atoms with Crippen LogP contribution in [0.15, 0.2) is 12.3 Å². The Hall–Kier alpha value is -0.900. The molecule has 3 nitrogen and oxygen atoms in total. The topological polar surface area (TPSA) is 27.1 Å². The molecular formula is C10H17FN2O. The van der Waals surface area contributed by atoms with Crippen molar-refractivity contribution in [3.05, 3.63) is 18.0 Å². The SMILES string of the molecule is CC[C@@H](C)OCc1ccn(CCF)n1. The first kappa shape index (κ1) is 11.2. The Morgan fingerprint density at radius 1 is 1.64 bits per heavy atom. The molecule has 14 heavy (non-hydrogen) atoms. The molecule has 0 aliphatic heterocycles. The van der Waals surface area contributed by atoms with Crippen LogP contribution in [0.1, 0.15) is 26.0 Å². The molecule has 0 saturated heterocycles. The lowest BCUT2D eigenvalue weighted by Crippen LogP contribution is -2.07. The summed E-state index contributed by atoms with van der Waals surface area (Å²) in [5, 5.41) is 4.16. The van der Waals surface area contributed by atoms with Crippen molar-refractivity contribution < 1.29 is 9.13 Å². The molecule has 0 fully saturated rings. The van der Waals surface area contributed by atoms with Crippen LogP contribution in [0.4, 0.5) is 4.39 Å². The van der Waals surface area contributed by atoms with Crippen molar-refractivity contribution >= 4 is 0 Å². The molecule has 0 N–H and O–H groups in total. The molecule has 0 saturated carbocycles. The van der Waals surface area contributed by atoms with Gasteiger partial charge in [-0.1, -0.05) is 6.92 Å². The molecule has 0 bridgehead atoms. The van der Waals surface area contributed by atoms with Gasteiger partial charge < -0.3 is 4.74 Å². The molecule has 1 heterocycles. The average Bonchev–Trinajstić information content (AvgIpc) is 2.63. The van der Waals surface area contributed by atoms with E-state index in [2.05, 4.69) is 12.0 Å². The summed E-state index contributed by atoms with van der Waals surface area (Å²) in [6.07, 6.45) is 3.02. The van der Waals surface area contributed by atoms with Gasteiger partial charge in [-0.05, 0) is 19.4 Å². The molecule has 1 aromatic heterocycles. The first-order valence-corrected chi connectivity index (χ1v) is 4.96. The van der Waals surface area contributed by atoms with Gasteiger partial charge in [0.1, 0.15) is 6.67 Å². The molecule has 0 unspecified atom stereocenters. The summed E-state index contributed by atoms with van der Waals surface area (Å²) in [5.74, 6) is 0. The number of hydrogen-bond donors (Lipinski definition) is 0. The second-order valence-electron chi connectivity index (χ2n) is 3.29. The summed E-state index contributed by atoms with van der Waals surface area (Å²) in [6, 6.07) is 1.86. The maximum absolute atomic E-state index is 12.0. The van der Waals surface area contributed by atoms with E-state index >= 15 is 0 Å². The molecule has 0 aliphatic rings. The van der Waals surface area contributed by atoms with Crippen LogP contribution >= 0.6 is 0 Å². The van der Waals surface area contributed by atoms with Crippen LogP contribution in [0.2, 0.25) is 0 Å². The normalized spacial score (nSPS) is 13.1. The van der Waals surface area contributed by atoms with Crippen molar-refractivity contribution in [3.8, 4) is 0 Å². The van der Waals surface area contributed by atoms with Crippen molar-refractivity contribution in [3.63, 3.8) is 0 Å². The Labute approximate surface area is 83.9 Å². The highest BCUT2D eigenvalue weighted by Crippen LogP contribution is 2.03. The molecule has 1 atom stereocenters. The van der Waals surface area contributed by atoms with Gasteiger partial charge in [0, 0.05) is 6.20 Å². The zero-order chi connectivity index (χ0) is 10.4. The minimum absolute atomic E-state index is 0.251. The van der Waals surface area contributed by atoms with Crippen LogP contribution in [0.5, 0.6) is 0 Å². The fraction of sp³-hybridized carbons (Fsp3) is 0.700. The number of alkyl halides is 1. The Morgan fingerprint density at radius 2 is 2.43 bits per heavy atom. The van der Waals surface area contributed by atoms with Gasteiger partial charge >= 0.3 is 0 Å². The smallest absolute Gasteiger partial charge is 0.109 e. The van der Waals surface area contributed by atoms with Gasteiger partial charge in [-0.2, -0.15) is 5.10 Å². The molecule has 80 valence electrons. The Kier molecular flexibility index (Phi) is 4.59. The van der Waals surface area contributed by atoms with E-state index in [1.807, 2.05) is 13.0 Å². The van der Waals surface area contributed by atoms with Crippen LogP contribution in [0.25, 0.3) is 0 Å². The fourth-order valence-electron chi connectivity index (χ4n) is 1.04. The summed E-state index contributed by atoms with van der Waals surface area (Å²) in [5.41, 5.74) is 0.860. The lowest BCUT2D eigenvalue weighted by Gasteiger charge is -2.08. The molecule has 4 heteroatoms. The third-order valence-corrected chi connectivity index (χ3v) is 2.10. The second kappa shape index (κ2) is 5.75. The van der Waals surface area contributed by atoms with Crippen molar-refractivity contribution in [2.45, 2.75) is 39.5 Å². The highest BCUT2D eigenvalue weighted by atomic mass is 19.1. The van der Waals surface area contributed by atoms with Crippen LogP contribution in [0.3, 0.4) is 0 Å². The molecular weight excluding hydrogens is 183 g/mol. The van der Waals surface area contributed by atoms with Gasteiger partial charge in [-0.3, -0.25) is 4.68 Å². The monoisotopic (exact) mass is 200 g/mol. The van der Waals surface area contributed by atoms with E-state index < -0.39 is 0 Å². The number of aryl methyl sites for hydroxylation is 1. The maximum atomic E-state index is 12.0. The van der Waals surface area contributed by atoms with Gasteiger partial charge in [-0.25, -0.2) is 4.39 Å². The first-order valence-electron chi connectivity index (χ1n) is 4.96. The highest BCUT2D eigenvalue weighted by Gasteiger charge is 2.02. The average molecular weight is 200 g/mol. The molecule has 0 spiro atoms. The van der Waals surface area contributed by atoms with Crippen LogP contribution in [-0.2, 0) is 17.9 Å². The summed E-state index contributed by atoms with van der Waals surface area (Å²) in [7, 11) is 0. The lowest BCUT2D eigenvalue weighted by atomic mass is 10.3. The van der Waals surface area contributed by atoms with Gasteiger partial charge in [0.15, 0.2) is 0 Å². The van der Waals surface area contributed by atoms with E-state index in [9.17, 15) is 4.39 Å². The number of halogens is 1. The minimum Gasteiger partial charge on any atom is -0.372 e. The van der Waals surface area contributed by atoms with Crippen molar-refractivity contribution in [2.75, 3.05) is 6.67 Å². The van der Waals surface area contributed by atoms with E-state index in [0.29, 0.717) is 13.2 Å². The van der Waals surface area contributed by atoms with E-state index in [1.165, 1.54) is 0 Å². The lowest BCUT2D eigenvalue weighted by molar-refractivity contribution is 0.0485. The number of ether oxygens (including phenoxy) is 1. The molecule has 1 rings (SSSR count). The third-order valence-electron chi connectivity index (χ3n) is 2.10. The molecule has 0 amide bonds. The van der Waals surface area contributed by atoms with E-state index in [4.69, 9.17) is 4.74 Å². The number of rotatable bonds is 6. The maximum Gasteiger partial charge on any atom is 0.109 e. The first-order chi connectivity index (χ1) is 6.76. The highest BCUT2D eigenvalue weighted by molar-refractivity contribution is 4.97. The second-order valence-corrected chi connectivity index (χ2v) is 3.29. The van der Waals surface area contributed by atoms with Crippen molar-refractivity contribution in [2.24, 2.45) is 0 Å². The predicted octanol–water partition coefficient (Wildman–Crippen LogP) is 2.17. The Bertz CT molecular complexity index is 262. The molecule has 1 aromatic rings. The zero-order valence-electron chi connectivity index (χ0n) is 8.74. The van der Waals surface area contributed by atoms with Gasteiger partial charge in [0.05, 0.1) is 24.9 Å². The fourth-order valence-corrected chi connectivity index (χ4v) is 1.04. The van der Waals surface area contributed by atoms with Crippen LogP contribution in [0, 0.1) is 0 Å². The Balaban J connectivity index is 2.35. The quantitative estimate of drug-likeness (QED) is 0.703. The third kappa shape index (κ3) is 3.46. The van der Waals surface area contributed by atoms with Crippen LogP contribution in [-0.4, -0.2) is 22.6 Å². The summed E-state index contributed by atoms with van der Waals surface area (Å²) >= 11 is 0. The van der Waals surface area contributed by atoms with Crippen molar-refractivity contribution in [1.82, 2.24) is 9.78 Å². The minimum atomic E-state index is -0.382. The number of hydrogen-bond acceptors (Lipinski definition) is 2.